The lowest BCUT2D eigenvalue weighted by Crippen LogP contribution is -2.26. The number of amides is 1. The van der Waals surface area contributed by atoms with Gasteiger partial charge in [-0.1, -0.05) is 72.8 Å². The monoisotopic (exact) mass is 401 g/mol. The third-order valence-electron chi connectivity index (χ3n) is 4.59. The second kappa shape index (κ2) is 10.2. The quantitative estimate of drug-likeness (QED) is 0.437. The minimum atomic E-state index is -1.09. The number of carbonyl (C=O) groups is 3. The van der Waals surface area contributed by atoms with E-state index in [2.05, 4.69) is 5.32 Å². The summed E-state index contributed by atoms with van der Waals surface area (Å²) in [7, 11) is 0. The number of ketones is 1. The van der Waals surface area contributed by atoms with Gasteiger partial charge in [0.05, 0.1) is 0 Å². The summed E-state index contributed by atoms with van der Waals surface area (Å²) in [6, 6.07) is 25.1. The van der Waals surface area contributed by atoms with E-state index in [1.54, 1.807) is 48.5 Å². The Morgan fingerprint density at radius 3 is 2.20 bits per heavy atom. The number of Topliss-reactive ketones (excluding diaryl/α,β-unsaturated/α-hetero) is 1. The van der Waals surface area contributed by atoms with Crippen molar-refractivity contribution in [1.29, 1.82) is 0 Å². The van der Waals surface area contributed by atoms with Crippen LogP contribution in [0.25, 0.3) is 0 Å². The van der Waals surface area contributed by atoms with Gasteiger partial charge >= 0.3 is 5.97 Å². The number of carbonyl (C=O) groups excluding carboxylic acids is 3. The molecule has 0 bridgehead atoms. The van der Waals surface area contributed by atoms with Crippen LogP contribution in [0.5, 0.6) is 0 Å². The molecule has 0 aromatic heterocycles. The number of benzene rings is 3. The van der Waals surface area contributed by atoms with Gasteiger partial charge in [0.15, 0.2) is 5.78 Å². The fourth-order valence-corrected chi connectivity index (χ4v) is 3.01. The summed E-state index contributed by atoms with van der Waals surface area (Å²) >= 11 is 0. The number of ether oxygens (including phenoxy) is 1. The molecule has 0 aliphatic heterocycles. The Morgan fingerprint density at radius 1 is 0.867 bits per heavy atom. The maximum Gasteiger partial charge on any atom is 0.307 e. The highest BCUT2D eigenvalue weighted by Crippen LogP contribution is 2.22. The first-order chi connectivity index (χ1) is 14.5. The molecule has 0 saturated heterocycles. The molecule has 30 heavy (non-hydrogen) atoms. The summed E-state index contributed by atoms with van der Waals surface area (Å²) in [6.07, 6.45) is -0.389. The Bertz CT molecular complexity index is 1020. The molecule has 0 saturated carbocycles. The smallest absolute Gasteiger partial charge is 0.307 e. The SMILES string of the molecule is CC(=O)c1cccc(NC(=O)[C@H](OC(=O)CCc2ccccc2)c2ccccc2)c1. The van der Waals surface area contributed by atoms with Crippen molar-refractivity contribution in [3.63, 3.8) is 0 Å². The second-order valence-electron chi connectivity index (χ2n) is 6.89. The van der Waals surface area contributed by atoms with Crippen LogP contribution in [-0.4, -0.2) is 17.7 Å². The zero-order valence-electron chi connectivity index (χ0n) is 16.7. The lowest BCUT2D eigenvalue weighted by Gasteiger charge is -2.18. The number of aryl methyl sites for hydroxylation is 1. The molecular formula is C25H23NO4. The van der Waals surface area contributed by atoms with Gasteiger partial charge in [-0.05, 0) is 31.0 Å². The largest absolute Gasteiger partial charge is 0.447 e. The van der Waals surface area contributed by atoms with Gasteiger partial charge in [-0.3, -0.25) is 14.4 Å². The maximum atomic E-state index is 12.9. The fourth-order valence-electron chi connectivity index (χ4n) is 3.01. The number of anilines is 1. The standard InChI is InChI=1S/C25H23NO4/c1-18(27)21-13-8-14-22(17-21)26-25(29)24(20-11-6-3-7-12-20)30-23(28)16-15-19-9-4-2-5-10-19/h2-14,17,24H,15-16H2,1H3,(H,26,29)/t24-/m1/s1. The highest BCUT2D eigenvalue weighted by molar-refractivity contribution is 5.99. The number of nitrogens with one attached hydrogen (secondary N) is 1. The maximum absolute atomic E-state index is 12.9. The van der Waals surface area contributed by atoms with Crippen molar-refractivity contribution < 1.29 is 19.1 Å². The molecule has 0 heterocycles. The molecule has 3 aromatic carbocycles. The summed E-state index contributed by atoms with van der Waals surface area (Å²) in [5.41, 5.74) is 2.56. The van der Waals surface area contributed by atoms with E-state index >= 15 is 0 Å². The predicted octanol–water partition coefficient (Wildman–Crippen LogP) is 4.75. The van der Waals surface area contributed by atoms with E-state index < -0.39 is 18.0 Å². The minimum absolute atomic E-state index is 0.0990. The van der Waals surface area contributed by atoms with Crippen molar-refractivity contribution in [2.75, 3.05) is 5.32 Å². The topological polar surface area (TPSA) is 72.5 Å². The summed E-state index contributed by atoms with van der Waals surface area (Å²) in [5, 5.41) is 2.75. The zero-order chi connectivity index (χ0) is 21.3. The Kier molecular flexibility index (Phi) is 7.11. The molecule has 0 spiro atoms. The molecule has 5 heteroatoms. The Balaban J connectivity index is 1.72. The summed E-state index contributed by atoms with van der Waals surface area (Å²) in [5.74, 6) is -1.03. The minimum Gasteiger partial charge on any atom is -0.447 e. The van der Waals surface area contributed by atoms with Gasteiger partial charge in [-0.25, -0.2) is 0 Å². The lowest BCUT2D eigenvalue weighted by atomic mass is 10.1. The van der Waals surface area contributed by atoms with Crippen LogP contribution in [0.4, 0.5) is 5.69 Å². The molecule has 3 aromatic rings. The zero-order valence-corrected chi connectivity index (χ0v) is 16.7. The van der Waals surface area contributed by atoms with E-state index in [4.69, 9.17) is 4.74 Å². The van der Waals surface area contributed by atoms with E-state index in [9.17, 15) is 14.4 Å². The molecule has 0 radical (unpaired) electrons. The molecule has 3 rings (SSSR count). The van der Waals surface area contributed by atoms with Crippen molar-refractivity contribution in [2.24, 2.45) is 0 Å². The normalized spacial score (nSPS) is 11.4. The predicted molar refractivity (Wildman–Crippen MR) is 115 cm³/mol. The van der Waals surface area contributed by atoms with E-state index in [0.29, 0.717) is 23.2 Å². The highest BCUT2D eigenvalue weighted by Gasteiger charge is 2.25. The van der Waals surface area contributed by atoms with Crippen LogP contribution in [0.2, 0.25) is 0 Å². The van der Waals surface area contributed by atoms with Gasteiger partial charge in [0.25, 0.3) is 5.91 Å². The van der Waals surface area contributed by atoms with Crippen molar-refractivity contribution >= 4 is 23.3 Å². The summed E-state index contributed by atoms with van der Waals surface area (Å²) in [4.78, 5) is 37.0. The molecule has 0 unspecified atom stereocenters. The third kappa shape index (κ3) is 5.88. The van der Waals surface area contributed by atoms with Crippen molar-refractivity contribution in [2.45, 2.75) is 25.9 Å². The number of hydrogen-bond acceptors (Lipinski definition) is 4. The van der Waals surface area contributed by atoms with Crippen LogP contribution in [0, 0.1) is 0 Å². The molecule has 5 nitrogen and oxygen atoms in total. The first kappa shape index (κ1) is 21.0. The van der Waals surface area contributed by atoms with E-state index in [0.717, 1.165) is 5.56 Å². The molecule has 0 aliphatic carbocycles. The number of rotatable bonds is 8. The van der Waals surface area contributed by atoms with E-state index in [-0.39, 0.29) is 12.2 Å². The lowest BCUT2D eigenvalue weighted by molar-refractivity contribution is -0.154. The van der Waals surface area contributed by atoms with Crippen LogP contribution >= 0.6 is 0 Å². The second-order valence-corrected chi connectivity index (χ2v) is 6.89. The Hall–Kier alpha value is -3.73. The van der Waals surface area contributed by atoms with E-state index in [1.165, 1.54) is 6.92 Å². The summed E-state index contributed by atoms with van der Waals surface area (Å²) < 4.78 is 5.55. The molecule has 1 N–H and O–H groups in total. The molecular weight excluding hydrogens is 378 g/mol. The number of hydrogen-bond donors (Lipinski definition) is 1. The van der Waals surface area contributed by atoms with Crippen LogP contribution < -0.4 is 5.32 Å². The third-order valence-corrected chi connectivity index (χ3v) is 4.59. The van der Waals surface area contributed by atoms with Gasteiger partial charge < -0.3 is 10.1 Å². The Labute approximate surface area is 175 Å². The van der Waals surface area contributed by atoms with E-state index in [1.807, 2.05) is 36.4 Å². The van der Waals surface area contributed by atoms with Gasteiger partial charge in [0.2, 0.25) is 6.10 Å². The van der Waals surface area contributed by atoms with Gasteiger partial charge in [0, 0.05) is 23.2 Å². The van der Waals surface area contributed by atoms with Gasteiger partial charge in [-0.15, -0.1) is 0 Å². The van der Waals surface area contributed by atoms with Crippen molar-refractivity contribution in [3.8, 4) is 0 Å². The average molecular weight is 401 g/mol. The average Bonchev–Trinajstić information content (AvgIpc) is 2.77. The fraction of sp³-hybridized carbons (Fsp3) is 0.160. The van der Waals surface area contributed by atoms with Gasteiger partial charge in [0.1, 0.15) is 0 Å². The molecule has 1 amide bonds. The summed E-state index contributed by atoms with van der Waals surface area (Å²) in [6.45, 7) is 1.46. The van der Waals surface area contributed by atoms with Crippen LogP contribution in [-0.2, 0) is 20.7 Å². The molecule has 152 valence electrons. The Morgan fingerprint density at radius 2 is 1.53 bits per heavy atom. The van der Waals surface area contributed by atoms with Crippen LogP contribution in [0.15, 0.2) is 84.9 Å². The van der Waals surface area contributed by atoms with Crippen LogP contribution in [0.1, 0.15) is 40.9 Å². The van der Waals surface area contributed by atoms with Crippen LogP contribution in [0.3, 0.4) is 0 Å². The van der Waals surface area contributed by atoms with Crippen molar-refractivity contribution in [3.05, 3.63) is 102 Å². The molecule has 1 atom stereocenters. The molecule has 0 aliphatic rings. The first-order valence-electron chi connectivity index (χ1n) is 9.73. The first-order valence-corrected chi connectivity index (χ1v) is 9.73. The molecule has 0 fully saturated rings. The van der Waals surface area contributed by atoms with Gasteiger partial charge in [-0.2, -0.15) is 0 Å². The number of esters is 1. The highest BCUT2D eigenvalue weighted by atomic mass is 16.5. The van der Waals surface area contributed by atoms with Crippen molar-refractivity contribution in [1.82, 2.24) is 0 Å².